The molecule has 3 aromatic rings. The van der Waals surface area contributed by atoms with Crippen LogP contribution < -0.4 is 4.74 Å². The van der Waals surface area contributed by atoms with Crippen LogP contribution in [0.1, 0.15) is 33.7 Å². The van der Waals surface area contributed by atoms with Crippen molar-refractivity contribution >= 4 is 22.6 Å². The average molecular weight is 349 g/mol. The topological polar surface area (TPSA) is 52.8 Å². The molecule has 0 aliphatic rings. The summed E-state index contributed by atoms with van der Waals surface area (Å²) in [4.78, 5) is 12.3. The number of ether oxygens (including phenoxy) is 1. The minimum absolute atomic E-state index is 0.0532. The van der Waals surface area contributed by atoms with Gasteiger partial charge in [-0.15, -0.1) is 0 Å². The average Bonchev–Trinajstić information content (AvgIpc) is 2.85. The molecule has 2 heterocycles. The van der Waals surface area contributed by atoms with Gasteiger partial charge in [-0.3, -0.25) is 4.57 Å². The monoisotopic (exact) mass is 348 g/mol. The third-order valence-electron chi connectivity index (χ3n) is 3.50. The van der Waals surface area contributed by atoms with Gasteiger partial charge in [0, 0.05) is 17.8 Å². The summed E-state index contributed by atoms with van der Waals surface area (Å²) in [6, 6.07) is 5.41. The smallest absolute Gasteiger partial charge is 0.297 e. The van der Waals surface area contributed by atoms with Crippen LogP contribution >= 0.6 is 11.6 Å². The van der Waals surface area contributed by atoms with E-state index < -0.39 is 5.82 Å². The maximum absolute atomic E-state index is 14.6. The molecule has 24 heavy (non-hydrogen) atoms. The van der Waals surface area contributed by atoms with Crippen molar-refractivity contribution < 1.29 is 9.13 Å². The van der Waals surface area contributed by atoms with Gasteiger partial charge in [-0.1, -0.05) is 0 Å². The zero-order valence-corrected chi connectivity index (χ0v) is 14.7. The lowest BCUT2D eigenvalue weighted by Crippen LogP contribution is -2.12. The molecule has 0 aliphatic heterocycles. The molecule has 2 aromatic heterocycles. The van der Waals surface area contributed by atoms with E-state index in [2.05, 4.69) is 15.0 Å². The molecule has 0 fully saturated rings. The fraction of sp³-hybridized carbons (Fsp3) is 0.353. The quantitative estimate of drug-likeness (QED) is 0.644. The summed E-state index contributed by atoms with van der Waals surface area (Å²) >= 11 is 5.84. The molecule has 0 aliphatic carbocycles. The number of hydrogen-bond acceptors (Lipinski definition) is 4. The lowest BCUT2D eigenvalue weighted by atomic mass is 10.1. The van der Waals surface area contributed by atoms with Gasteiger partial charge in [-0.05, 0) is 57.5 Å². The van der Waals surface area contributed by atoms with E-state index in [-0.39, 0.29) is 22.9 Å². The van der Waals surface area contributed by atoms with Gasteiger partial charge in [-0.25, -0.2) is 14.4 Å². The zero-order chi connectivity index (χ0) is 17.4. The van der Waals surface area contributed by atoms with Gasteiger partial charge >= 0.3 is 0 Å². The van der Waals surface area contributed by atoms with Gasteiger partial charge in [0.05, 0.1) is 17.3 Å². The van der Waals surface area contributed by atoms with E-state index in [0.29, 0.717) is 22.8 Å². The molecule has 0 unspecified atom stereocenters. The van der Waals surface area contributed by atoms with Crippen molar-refractivity contribution in [3.8, 4) is 17.3 Å². The van der Waals surface area contributed by atoms with Crippen molar-refractivity contribution in [2.45, 2.75) is 39.8 Å². The number of benzene rings is 1. The highest BCUT2D eigenvalue weighted by atomic mass is 35.5. The van der Waals surface area contributed by atoms with E-state index in [9.17, 15) is 4.39 Å². The van der Waals surface area contributed by atoms with Gasteiger partial charge in [-0.2, -0.15) is 4.98 Å². The van der Waals surface area contributed by atoms with Gasteiger partial charge in [0.1, 0.15) is 5.52 Å². The number of imidazole rings is 1. The standard InChI is InChI=1S/C17H18ClFN4O/c1-9(2)23-14-8-11(13-5-6-20-16(18)21-13)7-12(19)15(14)22-17(23)24-10(3)4/h5-10H,1-4H3. The minimum atomic E-state index is -0.426. The second-order valence-electron chi connectivity index (χ2n) is 6.06. The van der Waals surface area contributed by atoms with Crippen molar-refractivity contribution in [1.29, 1.82) is 0 Å². The second kappa shape index (κ2) is 6.36. The van der Waals surface area contributed by atoms with E-state index >= 15 is 0 Å². The van der Waals surface area contributed by atoms with E-state index in [1.807, 2.05) is 38.3 Å². The molecule has 5 nitrogen and oxygen atoms in total. The maximum atomic E-state index is 14.6. The van der Waals surface area contributed by atoms with Crippen LogP contribution in [-0.4, -0.2) is 25.6 Å². The highest BCUT2D eigenvalue weighted by Crippen LogP contribution is 2.32. The first-order valence-corrected chi connectivity index (χ1v) is 8.11. The molecule has 0 spiro atoms. The summed E-state index contributed by atoms with van der Waals surface area (Å²) in [5.41, 5.74) is 2.11. The fourth-order valence-electron chi connectivity index (χ4n) is 2.57. The Morgan fingerprint density at radius 1 is 1.17 bits per heavy atom. The number of hydrogen-bond donors (Lipinski definition) is 0. The number of halogens is 2. The van der Waals surface area contributed by atoms with Gasteiger partial charge in [0.2, 0.25) is 5.28 Å². The number of aromatic nitrogens is 4. The summed E-state index contributed by atoms with van der Waals surface area (Å²) < 4.78 is 22.2. The third kappa shape index (κ3) is 3.06. The third-order valence-corrected chi connectivity index (χ3v) is 3.68. The Labute approximate surface area is 144 Å². The van der Waals surface area contributed by atoms with Crippen LogP contribution in [0.15, 0.2) is 24.4 Å². The molecule has 0 saturated carbocycles. The summed E-state index contributed by atoms with van der Waals surface area (Å²) in [6.45, 7) is 7.82. The Bertz CT molecular complexity index is 892. The summed E-state index contributed by atoms with van der Waals surface area (Å²) in [6.07, 6.45) is 1.49. The molecular formula is C17H18ClFN4O. The first kappa shape index (κ1) is 16.6. The molecule has 0 amide bonds. The fourth-order valence-corrected chi connectivity index (χ4v) is 2.72. The molecule has 0 saturated heterocycles. The predicted molar refractivity (Wildman–Crippen MR) is 91.9 cm³/mol. The molecular weight excluding hydrogens is 331 g/mol. The number of rotatable bonds is 4. The molecule has 0 bridgehead atoms. The first-order chi connectivity index (χ1) is 11.4. The molecule has 7 heteroatoms. The Kier molecular flexibility index (Phi) is 4.41. The van der Waals surface area contributed by atoms with Gasteiger partial charge in [0.25, 0.3) is 6.01 Å². The zero-order valence-electron chi connectivity index (χ0n) is 13.9. The highest BCUT2D eigenvalue weighted by Gasteiger charge is 2.20. The van der Waals surface area contributed by atoms with E-state index in [4.69, 9.17) is 16.3 Å². The highest BCUT2D eigenvalue weighted by molar-refractivity contribution is 6.28. The maximum Gasteiger partial charge on any atom is 0.297 e. The SMILES string of the molecule is CC(C)Oc1nc2c(F)cc(-c3ccnc(Cl)n3)cc2n1C(C)C. The molecule has 126 valence electrons. The van der Waals surface area contributed by atoms with Crippen molar-refractivity contribution in [1.82, 2.24) is 19.5 Å². The van der Waals surface area contributed by atoms with Crippen molar-refractivity contribution in [3.63, 3.8) is 0 Å². The van der Waals surface area contributed by atoms with Crippen LogP contribution in [0.4, 0.5) is 4.39 Å². The number of fused-ring (bicyclic) bond motifs is 1. The molecule has 0 N–H and O–H groups in total. The summed E-state index contributed by atoms with van der Waals surface area (Å²) in [5, 5.41) is 0.120. The van der Waals surface area contributed by atoms with Gasteiger partial charge in [0.15, 0.2) is 5.82 Å². The largest absolute Gasteiger partial charge is 0.462 e. The van der Waals surface area contributed by atoms with E-state index in [1.165, 1.54) is 6.07 Å². The number of nitrogens with zero attached hydrogens (tertiary/aromatic N) is 4. The van der Waals surface area contributed by atoms with Crippen LogP contribution in [0.5, 0.6) is 6.01 Å². The molecule has 3 rings (SSSR count). The Morgan fingerprint density at radius 2 is 1.92 bits per heavy atom. The Hall–Kier alpha value is -2.21. The van der Waals surface area contributed by atoms with E-state index in [1.54, 1.807) is 12.3 Å². The lowest BCUT2D eigenvalue weighted by molar-refractivity contribution is 0.210. The Morgan fingerprint density at radius 3 is 2.54 bits per heavy atom. The van der Waals surface area contributed by atoms with E-state index in [0.717, 1.165) is 0 Å². The second-order valence-corrected chi connectivity index (χ2v) is 6.40. The molecule has 1 aromatic carbocycles. The normalized spacial score (nSPS) is 11.7. The van der Waals surface area contributed by atoms with Gasteiger partial charge < -0.3 is 4.74 Å². The Balaban J connectivity index is 2.24. The van der Waals surface area contributed by atoms with Crippen LogP contribution in [0, 0.1) is 5.82 Å². The lowest BCUT2D eigenvalue weighted by Gasteiger charge is -2.15. The summed E-state index contributed by atoms with van der Waals surface area (Å²) in [5.74, 6) is -0.426. The van der Waals surface area contributed by atoms with Crippen LogP contribution in [-0.2, 0) is 0 Å². The van der Waals surface area contributed by atoms with Crippen molar-refractivity contribution in [3.05, 3.63) is 35.5 Å². The van der Waals surface area contributed by atoms with Crippen LogP contribution in [0.25, 0.3) is 22.3 Å². The molecule has 0 atom stereocenters. The minimum Gasteiger partial charge on any atom is -0.462 e. The van der Waals surface area contributed by atoms with Crippen molar-refractivity contribution in [2.75, 3.05) is 0 Å². The first-order valence-electron chi connectivity index (χ1n) is 7.74. The predicted octanol–water partition coefficient (Wildman–Crippen LogP) is 4.65. The van der Waals surface area contributed by atoms with Crippen LogP contribution in [0.3, 0.4) is 0 Å². The van der Waals surface area contributed by atoms with Crippen molar-refractivity contribution in [2.24, 2.45) is 0 Å². The van der Waals surface area contributed by atoms with Crippen LogP contribution in [0.2, 0.25) is 5.28 Å². The summed E-state index contributed by atoms with van der Waals surface area (Å²) in [7, 11) is 0. The molecule has 0 radical (unpaired) electrons.